The fourth-order valence-electron chi connectivity index (χ4n) is 4.43. The van der Waals surface area contributed by atoms with Gasteiger partial charge in [0.05, 0.1) is 0 Å². The fraction of sp³-hybridized carbons (Fsp3) is 0.167. The molecule has 0 bridgehead atoms. The van der Waals surface area contributed by atoms with Gasteiger partial charge < -0.3 is 4.65 Å². The Bertz CT molecular complexity index is 1430. The van der Waals surface area contributed by atoms with Crippen LogP contribution < -0.4 is 5.46 Å². The zero-order valence-corrected chi connectivity index (χ0v) is 22.7. The van der Waals surface area contributed by atoms with E-state index in [-0.39, 0.29) is 5.60 Å². The molecule has 187 valence electrons. The molecule has 0 N–H and O–H groups in total. The largest absolute Gasteiger partial charge is 0.429 e. The van der Waals surface area contributed by atoms with Gasteiger partial charge in [-0.2, -0.15) is 0 Å². The van der Waals surface area contributed by atoms with Crippen LogP contribution in [0.1, 0.15) is 27.7 Å². The van der Waals surface area contributed by atoms with Crippen molar-refractivity contribution in [3.05, 3.63) is 127 Å². The van der Waals surface area contributed by atoms with Crippen molar-refractivity contribution in [1.29, 1.82) is 0 Å². The molecular weight excluding hydrogens is 459 g/mol. The number of hydrogen-bond acceptors (Lipinski definition) is 1. The van der Waals surface area contributed by atoms with E-state index in [1.807, 2.05) is 7.48 Å². The molecule has 0 aliphatic carbocycles. The Morgan fingerprint density at radius 2 is 0.789 bits per heavy atom. The Morgan fingerprint density at radius 1 is 0.474 bits per heavy atom. The number of benzene rings is 5. The Morgan fingerprint density at radius 3 is 1.16 bits per heavy atom. The van der Waals surface area contributed by atoms with Gasteiger partial charge in [-0.25, -0.2) is 0 Å². The standard InChI is InChI=1S/C36H34BO/c1-26(2)36(3,4)38-37-35-24-33(29-18-12-7-13-19-29)23-34(25-35)32-21-30(27-14-8-5-9-15-27)20-31(22-32)28-16-10-6-11-17-28/h5-26H,1-4H3. The molecule has 0 heterocycles. The summed E-state index contributed by atoms with van der Waals surface area (Å²) in [6.45, 7) is 8.68. The van der Waals surface area contributed by atoms with Gasteiger partial charge in [-0.05, 0) is 88.5 Å². The first-order valence-electron chi connectivity index (χ1n) is 13.4. The predicted octanol–water partition coefficient (Wildman–Crippen LogP) is 9.05. The van der Waals surface area contributed by atoms with Crippen LogP contribution in [0.2, 0.25) is 0 Å². The summed E-state index contributed by atoms with van der Waals surface area (Å²) >= 11 is 0. The number of hydrogen-bond donors (Lipinski definition) is 0. The van der Waals surface area contributed by atoms with Gasteiger partial charge in [-0.1, -0.05) is 122 Å². The highest BCUT2D eigenvalue weighted by molar-refractivity contribution is 6.47. The van der Waals surface area contributed by atoms with E-state index in [0.717, 1.165) is 5.46 Å². The van der Waals surface area contributed by atoms with Gasteiger partial charge in [0.1, 0.15) is 0 Å². The molecule has 5 rings (SSSR count). The molecule has 0 unspecified atom stereocenters. The maximum Gasteiger partial charge on any atom is 0.330 e. The van der Waals surface area contributed by atoms with Crippen molar-refractivity contribution in [2.45, 2.75) is 33.3 Å². The van der Waals surface area contributed by atoms with Crippen LogP contribution in [0.4, 0.5) is 0 Å². The Labute approximate surface area is 228 Å². The topological polar surface area (TPSA) is 9.23 Å². The molecule has 2 heteroatoms. The van der Waals surface area contributed by atoms with Crippen LogP contribution in [0.5, 0.6) is 0 Å². The highest BCUT2D eigenvalue weighted by Crippen LogP contribution is 2.34. The van der Waals surface area contributed by atoms with Gasteiger partial charge in [0.15, 0.2) is 0 Å². The predicted molar refractivity (Wildman–Crippen MR) is 164 cm³/mol. The molecule has 0 saturated heterocycles. The quantitative estimate of drug-likeness (QED) is 0.196. The molecule has 38 heavy (non-hydrogen) atoms. The van der Waals surface area contributed by atoms with Gasteiger partial charge in [0.2, 0.25) is 0 Å². The van der Waals surface area contributed by atoms with E-state index >= 15 is 0 Å². The molecule has 0 spiro atoms. The van der Waals surface area contributed by atoms with E-state index in [0.29, 0.717) is 5.92 Å². The second-order valence-electron chi connectivity index (χ2n) is 10.7. The zero-order chi connectivity index (χ0) is 26.5. The van der Waals surface area contributed by atoms with Crippen LogP contribution in [0, 0.1) is 5.92 Å². The monoisotopic (exact) mass is 493 g/mol. The van der Waals surface area contributed by atoms with Crippen molar-refractivity contribution in [3.8, 4) is 44.5 Å². The van der Waals surface area contributed by atoms with Gasteiger partial charge in [-0.3, -0.25) is 0 Å². The maximum absolute atomic E-state index is 6.32. The van der Waals surface area contributed by atoms with E-state index < -0.39 is 0 Å². The molecule has 0 fully saturated rings. The van der Waals surface area contributed by atoms with Gasteiger partial charge >= 0.3 is 7.48 Å². The first-order valence-corrected chi connectivity index (χ1v) is 13.4. The highest BCUT2D eigenvalue weighted by Gasteiger charge is 2.23. The lowest BCUT2D eigenvalue weighted by molar-refractivity contribution is 0.0668. The molecule has 0 aliphatic heterocycles. The smallest absolute Gasteiger partial charge is 0.330 e. The lowest BCUT2D eigenvalue weighted by Gasteiger charge is -2.30. The third-order valence-electron chi connectivity index (χ3n) is 7.43. The lowest BCUT2D eigenvalue weighted by atomic mass is 9.80. The summed E-state index contributed by atoms with van der Waals surface area (Å²) in [4.78, 5) is 0. The fourth-order valence-corrected chi connectivity index (χ4v) is 4.43. The molecule has 0 amide bonds. The van der Waals surface area contributed by atoms with Crippen LogP contribution in [0.3, 0.4) is 0 Å². The van der Waals surface area contributed by atoms with Crippen LogP contribution >= 0.6 is 0 Å². The molecule has 5 aromatic carbocycles. The summed E-state index contributed by atoms with van der Waals surface area (Å²) in [5.74, 6) is 0.395. The van der Waals surface area contributed by atoms with Crippen LogP contribution in [0.25, 0.3) is 44.5 Å². The molecule has 5 aromatic rings. The van der Waals surface area contributed by atoms with E-state index in [9.17, 15) is 0 Å². The summed E-state index contributed by atoms with van der Waals surface area (Å²) in [5, 5.41) is 0. The van der Waals surface area contributed by atoms with Crippen molar-refractivity contribution >= 4 is 12.9 Å². The molecule has 1 nitrogen and oxygen atoms in total. The van der Waals surface area contributed by atoms with Crippen LogP contribution in [-0.2, 0) is 4.65 Å². The minimum absolute atomic E-state index is 0.253. The third-order valence-corrected chi connectivity index (χ3v) is 7.43. The Kier molecular flexibility index (Phi) is 7.63. The van der Waals surface area contributed by atoms with Crippen molar-refractivity contribution in [2.75, 3.05) is 0 Å². The van der Waals surface area contributed by atoms with Crippen LogP contribution in [0.15, 0.2) is 127 Å². The van der Waals surface area contributed by atoms with Gasteiger partial charge in [-0.15, -0.1) is 0 Å². The average Bonchev–Trinajstić information content (AvgIpc) is 2.97. The molecule has 0 saturated carbocycles. The van der Waals surface area contributed by atoms with Gasteiger partial charge in [0, 0.05) is 5.60 Å². The maximum atomic E-state index is 6.32. The van der Waals surface area contributed by atoms with Gasteiger partial charge in [0.25, 0.3) is 0 Å². The SMILES string of the molecule is CC(C)C(C)(C)O[B]c1cc(-c2ccccc2)cc(-c2cc(-c3ccccc3)cc(-c3ccccc3)c2)c1. The lowest BCUT2D eigenvalue weighted by Crippen LogP contribution is -2.36. The summed E-state index contributed by atoms with van der Waals surface area (Å²) in [7, 11) is 1.93. The molecule has 0 aliphatic rings. The van der Waals surface area contributed by atoms with Crippen molar-refractivity contribution in [1.82, 2.24) is 0 Å². The zero-order valence-electron chi connectivity index (χ0n) is 22.7. The summed E-state index contributed by atoms with van der Waals surface area (Å²) < 4.78 is 6.32. The molecule has 1 radical (unpaired) electrons. The van der Waals surface area contributed by atoms with Crippen LogP contribution in [-0.4, -0.2) is 13.1 Å². The van der Waals surface area contributed by atoms with E-state index in [1.54, 1.807) is 0 Å². The second kappa shape index (κ2) is 11.2. The van der Waals surface area contributed by atoms with E-state index in [1.165, 1.54) is 44.5 Å². The Balaban J connectivity index is 1.65. The summed E-state index contributed by atoms with van der Waals surface area (Å²) in [6, 6.07) is 45.4. The molecule has 0 atom stereocenters. The first-order chi connectivity index (χ1) is 18.4. The second-order valence-corrected chi connectivity index (χ2v) is 10.7. The first kappa shape index (κ1) is 25.8. The molecule has 0 aromatic heterocycles. The third kappa shape index (κ3) is 5.98. The average molecular weight is 493 g/mol. The van der Waals surface area contributed by atoms with Crippen molar-refractivity contribution in [2.24, 2.45) is 5.92 Å². The van der Waals surface area contributed by atoms with E-state index in [2.05, 4.69) is 155 Å². The summed E-state index contributed by atoms with van der Waals surface area (Å²) in [5.41, 5.74) is 10.3. The van der Waals surface area contributed by atoms with Crippen molar-refractivity contribution < 1.29 is 4.65 Å². The minimum atomic E-state index is -0.253. The normalized spacial score (nSPS) is 11.5. The Hall–Kier alpha value is -3.88. The minimum Gasteiger partial charge on any atom is -0.429 e. The van der Waals surface area contributed by atoms with E-state index in [4.69, 9.17) is 4.65 Å². The molecular formula is C36H34BO. The summed E-state index contributed by atoms with van der Waals surface area (Å²) in [6.07, 6.45) is 0. The highest BCUT2D eigenvalue weighted by atomic mass is 16.5. The number of rotatable bonds is 8. The van der Waals surface area contributed by atoms with Crippen molar-refractivity contribution in [3.63, 3.8) is 0 Å².